The van der Waals surface area contributed by atoms with E-state index in [0.29, 0.717) is 5.56 Å². The number of phenols is 1. The Hall–Kier alpha value is -4.20. The molecule has 0 spiro atoms. The first kappa shape index (κ1) is 27.8. The molecule has 0 aliphatic carbocycles. The fourth-order valence-corrected chi connectivity index (χ4v) is 2.65. The maximum atomic E-state index is 12.2. The fraction of sp³-hybridized carbons (Fsp3) is 0.400. The van der Waals surface area contributed by atoms with Gasteiger partial charge in [-0.2, -0.15) is 0 Å². The molecule has 186 valence electrons. The number of carbonyl (C=O) groups excluding carboxylic acids is 4. The van der Waals surface area contributed by atoms with Crippen molar-refractivity contribution >= 4 is 35.6 Å². The molecule has 0 aromatic heterocycles. The van der Waals surface area contributed by atoms with Crippen molar-refractivity contribution in [2.45, 2.75) is 37.9 Å². The molecule has 0 heterocycles. The van der Waals surface area contributed by atoms with E-state index in [9.17, 15) is 39.0 Å². The molecular formula is C20H27N5O9. The van der Waals surface area contributed by atoms with Gasteiger partial charge in [0.1, 0.15) is 23.9 Å². The summed E-state index contributed by atoms with van der Waals surface area (Å²) in [7, 11) is 0. The standard InChI is InChI=1S/C20H27N5O9/c1-10(23-19(32)13(7-17(29)30)24-15(27)8-21)18(31)22-9-16(28)25-14(20(33)34)6-11-2-4-12(26)5-3-11/h2-5,10,13-14,26H,6-9,21H2,1H3,(H,22,31)(H,23,32)(H,24,27)(H,25,28)(H,29,30)(H,33,34)/t10-,13-,14-/m0/s1. The first-order valence-corrected chi connectivity index (χ1v) is 10.0. The minimum atomic E-state index is -1.47. The number of carboxylic acid groups (broad SMARTS) is 2. The van der Waals surface area contributed by atoms with Crippen LogP contribution in [0.1, 0.15) is 18.9 Å². The molecular weight excluding hydrogens is 454 g/mol. The first-order valence-electron chi connectivity index (χ1n) is 10.0. The van der Waals surface area contributed by atoms with Crippen LogP contribution in [0.3, 0.4) is 0 Å². The van der Waals surface area contributed by atoms with Crippen LogP contribution in [-0.4, -0.2) is 82.1 Å². The summed E-state index contributed by atoms with van der Waals surface area (Å²) < 4.78 is 0. The molecule has 1 aromatic carbocycles. The number of phenolic OH excluding ortho intramolecular Hbond substituents is 1. The van der Waals surface area contributed by atoms with Gasteiger partial charge in [0.05, 0.1) is 19.5 Å². The van der Waals surface area contributed by atoms with Crippen molar-refractivity contribution in [2.75, 3.05) is 13.1 Å². The number of nitrogens with two attached hydrogens (primary N) is 1. The van der Waals surface area contributed by atoms with Crippen LogP contribution < -0.4 is 27.0 Å². The summed E-state index contributed by atoms with van der Waals surface area (Å²) in [6.07, 6.45) is -0.812. The lowest BCUT2D eigenvalue weighted by Gasteiger charge is -2.20. The third kappa shape index (κ3) is 9.95. The number of benzene rings is 1. The number of hydrogen-bond donors (Lipinski definition) is 8. The van der Waals surface area contributed by atoms with Crippen LogP contribution in [0, 0.1) is 0 Å². The van der Waals surface area contributed by atoms with Crippen LogP contribution in [0.2, 0.25) is 0 Å². The maximum absolute atomic E-state index is 12.2. The normalized spacial score (nSPS) is 13.0. The van der Waals surface area contributed by atoms with E-state index in [1.54, 1.807) is 0 Å². The monoisotopic (exact) mass is 481 g/mol. The summed E-state index contributed by atoms with van der Waals surface area (Å²) in [6.45, 7) is 0.193. The van der Waals surface area contributed by atoms with Crippen LogP contribution in [0.25, 0.3) is 0 Å². The molecule has 0 unspecified atom stereocenters. The van der Waals surface area contributed by atoms with E-state index in [0.717, 1.165) is 0 Å². The molecule has 14 nitrogen and oxygen atoms in total. The average Bonchev–Trinajstić information content (AvgIpc) is 2.77. The molecule has 4 amide bonds. The van der Waals surface area contributed by atoms with Gasteiger partial charge in [-0.25, -0.2) is 4.79 Å². The zero-order valence-corrected chi connectivity index (χ0v) is 18.2. The van der Waals surface area contributed by atoms with E-state index < -0.39 is 73.2 Å². The van der Waals surface area contributed by atoms with Gasteiger partial charge in [-0.05, 0) is 24.6 Å². The Bertz CT molecular complexity index is 920. The topological polar surface area (TPSA) is 237 Å². The quantitative estimate of drug-likeness (QED) is 0.142. The SMILES string of the molecule is C[C@H](NC(=O)[C@H](CC(=O)O)NC(=O)CN)C(=O)NCC(=O)N[C@@H](Cc1ccc(O)cc1)C(=O)O. The molecule has 0 bridgehead atoms. The highest BCUT2D eigenvalue weighted by Crippen LogP contribution is 2.11. The highest BCUT2D eigenvalue weighted by molar-refractivity contribution is 5.95. The second-order valence-electron chi connectivity index (χ2n) is 7.20. The Morgan fingerprint density at radius 1 is 0.882 bits per heavy atom. The summed E-state index contributed by atoms with van der Waals surface area (Å²) in [6, 6.07) is 1.76. The Kier molecular flexibility index (Phi) is 10.9. The Balaban J connectivity index is 2.60. The molecule has 9 N–H and O–H groups in total. The van der Waals surface area contributed by atoms with Crippen LogP contribution in [0.4, 0.5) is 0 Å². The molecule has 34 heavy (non-hydrogen) atoms. The maximum Gasteiger partial charge on any atom is 0.326 e. The summed E-state index contributed by atoms with van der Waals surface area (Å²) in [5, 5.41) is 36.3. The van der Waals surface area contributed by atoms with Gasteiger partial charge < -0.3 is 42.3 Å². The van der Waals surface area contributed by atoms with E-state index in [1.807, 2.05) is 0 Å². The molecule has 3 atom stereocenters. The van der Waals surface area contributed by atoms with Gasteiger partial charge in [0.2, 0.25) is 23.6 Å². The van der Waals surface area contributed by atoms with E-state index in [-0.39, 0.29) is 12.2 Å². The molecule has 0 fully saturated rings. The number of carboxylic acids is 2. The predicted molar refractivity (Wildman–Crippen MR) is 115 cm³/mol. The van der Waals surface area contributed by atoms with Crippen molar-refractivity contribution in [3.05, 3.63) is 29.8 Å². The van der Waals surface area contributed by atoms with Gasteiger partial charge in [0.15, 0.2) is 0 Å². The third-order valence-electron chi connectivity index (χ3n) is 4.40. The van der Waals surface area contributed by atoms with Crippen LogP contribution in [0.5, 0.6) is 5.75 Å². The lowest BCUT2D eigenvalue weighted by Crippen LogP contribution is -2.55. The number of carbonyl (C=O) groups is 6. The zero-order chi connectivity index (χ0) is 25.8. The van der Waals surface area contributed by atoms with Crippen molar-refractivity contribution < 1.29 is 44.1 Å². The summed E-state index contributed by atoms with van der Waals surface area (Å²) >= 11 is 0. The molecule has 0 aliphatic rings. The van der Waals surface area contributed by atoms with Crippen molar-refractivity contribution in [3.8, 4) is 5.75 Å². The lowest BCUT2D eigenvalue weighted by molar-refractivity contribution is -0.141. The molecule has 0 radical (unpaired) electrons. The molecule has 1 rings (SSSR count). The van der Waals surface area contributed by atoms with Crippen LogP contribution >= 0.6 is 0 Å². The van der Waals surface area contributed by atoms with E-state index in [1.165, 1.54) is 31.2 Å². The summed E-state index contributed by atoms with van der Waals surface area (Å²) in [5.74, 6) is -6.01. The minimum absolute atomic E-state index is 0.000347. The molecule has 0 saturated carbocycles. The largest absolute Gasteiger partial charge is 0.508 e. The van der Waals surface area contributed by atoms with Crippen molar-refractivity contribution in [2.24, 2.45) is 5.73 Å². The molecule has 0 aliphatic heterocycles. The third-order valence-corrected chi connectivity index (χ3v) is 4.40. The number of nitrogens with one attached hydrogen (secondary N) is 4. The molecule has 0 saturated heterocycles. The van der Waals surface area contributed by atoms with Crippen LogP contribution in [-0.2, 0) is 35.2 Å². The van der Waals surface area contributed by atoms with Gasteiger partial charge in [-0.3, -0.25) is 24.0 Å². The molecule has 14 heteroatoms. The Morgan fingerprint density at radius 2 is 1.47 bits per heavy atom. The summed E-state index contributed by atoms with van der Waals surface area (Å²) in [5.41, 5.74) is 5.68. The van der Waals surface area contributed by atoms with E-state index in [2.05, 4.69) is 21.3 Å². The molecule has 1 aromatic rings. The Morgan fingerprint density at radius 3 is 2.00 bits per heavy atom. The fourth-order valence-electron chi connectivity index (χ4n) is 2.65. The van der Waals surface area contributed by atoms with Crippen LogP contribution in [0.15, 0.2) is 24.3 Å². The van der Waals surface area contributed by atoms with Gasteiger partial charge in [-0.1, -0.05) is 12.1 Å². The van der Waals surface area contributed by atoms with E-state index >= 15 is 0 Å². The minimum Gasteiger partial charge on any atom is -0.508 e. The van der Waals surface area contributed by atoms with Gasteiger partial charge >= 0.3 is 11.9 Å². The van der Waals surface area contributed by atoms with Crippen molar-refractivity contribution in [1.82, 2.24) is 21.3 Å². The predicted octanol–water partition coefficient (Wildman–Crippen LogP) is -2.96. The smallest absolute Gasteiger partial charge is 0.326 e. The Labute approximate surface area is 193 Å². The van der Waals surface area contributed by atoms with E-state index in [4.69, 9.17) is 10.8 Å². The average molecular weight is 481 g/mol. The number of amides is 4. The lowest BCUT2D eigenvalue weighted by atomic mass is 10.1. The van der Waals surface area contributed by atoms with Gasteiger partial charge in [0, 0.05) is 6.42 Å². The van der Waals surface area contributed by atoms with Gasteiger partial charge in [-0.15, -0.1) is 0 Å². The highest BCUT2D eigenvalue weighted by atomic mass is 16.4. The summed E-state index contributed by atoms with van der Waals surface area (Å²) in [4.78, 5) is 70.2. The zero-order valence-electron chi connectivity index (χ0n) is 18.2. The second kappa shape index (κ2) is 13.4. The van der Waals surface area contributed by atoms with Gasteiger partial charge in [0.25, 0.3) is 0 Å². The number of aromatic hydroxyl groups is 1. The van der Waals surface area contributed by atoms with Crippen molar-refractivity contribution in [3.63, 3.8) is 0 Å². The second-order valence-corrected chi connectivity index (χ2v) is 7.20. The first-order chi connectivity index (χ1) is 15.9. The number of rotatable bonds is 13. The highest BCUT2D eigenvalue weighted by Gasteiger charge is 2.27. The van der Waals surface area contributed by atoms with Crippen molar-refractivity contribution in [1.29, 1.82) is 0 Å². The number of hydrogen-bond acceptors (Lipinski definition) is 8. The number of aliphatic carboxylic acids is 2.